The lowest BCUT2D eigenvalue weighted by atomic mass is 10.0. The van der Waals surface area contributed by atoms with Gasteiger partial charge in [-0.1, -0.05) is 74.5 Å². The molecule has 0 aliphatic heterocycles. The lowest BCUT2D eigenvalue weighted by Gasteiger charge is -2.31. The Morgan fingerprint density at radius 2 is 1.33 bits per heavy atom. The molecule has 1 N–H and O–H groups in total. The Labute approximate surface area is 145 Å². The molecule has 2 aromatic carbocycles. The zero-order valence-electron chi connectivity index (χ0n) is 14.9. The van der Waals surface area contributed by atoms with Gasteiger partial charge in [-0.15, -0.1) is 0 Å². The number of rotatable bonds is 9. The van der Waals surface area contributed by atoms with Gasteiger partial charge in [0, 0.05) is 6.04 Å². The van der Waals surface area contributed by atoms with Crippen LogP contribution in [-0.2, 0) is 4.74 Å². The molecule has 130 valence electrons. The van der Waals surface area contributed by atoms with Crippen molar-refractivity contribution in [2.24, 2.45) is 0 Å². The third-order valence-electron chi connectivity index (χ3n) is 4.58. The Balaban J connectivity index is 2.09. The molecule has 3 nitrogen and oxygen atoms in total. The number of likely N-dealkylation sites (N-methyl/N-ethyl adjacent to an activating group) is 1. The maximum atomic E-state index is 10.5. The average Bonchev–Trinajstić information content (AvgIpc) is 2.64. The van der Waals surface area contributed by atoms with E-state index in [1.807, 2.05) is 36.4 Å². The number of hydrogen-bond donors (Lipinski definition) is 1. The summed E-state index contributed by atoms with van der Waals surface area (Å²) in [4.78, 5) is 2.24. The lowest BCUT2D eigenvalue weighted by molar-refractivity contribution is -0.0299. The fraction of sp³-hybridized carbons (Fsp3) is 0.429. The van der Waals surface area contributed by atoms with Gasteiger partial charge in [0.2, 0.25) is 0 Å². The Morgan fingerprint density at radius 3 is 1.75 bits per heavy atom. The summed E-state index contributed by atoms with van der Waals surface area (Å²) >= 11 is 0. The van der Waals surface area contributed by atoms with E-state index in [0.717, 1.165) is 24.2 Å². The zero-order chi connectivity index (χ0) is 17.4. The molecule has 0 aliphatic rings. The SMILES string of the molecule is CCN(CC)[C@@H](C)[C@H](O)COC(c1ccccc1)c1ccccc1. The van der Waals surface area contributed by atoms with Crippen LogP contribution < -0.4 is 0 Å². The first-order valence-electron chi connectivity index (χ1n) is 8.81. The van der Waals surface area contributed by atoms with Crippen molar-refractivity contribution in [3.63, 3.8) is 0 Å². The quantitative estimate of drug-likeness (QED) is 0.758. The summed E-state index contributed by atoms with van der Waals surface area (Å²) in [5.74, 6) is 0. The molecule has 24 heavy (non-hydrogen) atoms. The van der Waals surface area contributed by atoms with Crippen molar-refractivity contribution in [3.8, 4) is 0 Å². The summed E-state index contributed by atoms with van der Waals surface area (Å²) in [6, 6.07) is 20.4. The molecule has 0 spiro atoms. The van der Waals surface area contributed by atoms with Crippen molar-refractivity contribution in [1.29, 1.82) is 0 Å². The minimum atomic E-state index is -0.514. The average molecular weight is 327 g/mol. The second-order valence-electron chi connectivity index (χ2n) is 6.06. The molecule has 3 heteroatoms. The summed E-state index contributed by atoms with van der Waals surface area (Å²) < 4.78 is 6.16. The molecule has 0 saturated carbocycles. The van der Waals surface area contributed by atoms with E-state index < -0.39 is 6.10 Å². The second kappa shape index (κ2) is 9.58. The number of ether oxygens (including phenoxy) is 1. The minimum Gasteiger partial charge on any atom is -0.389 e. The summed E-state index contributed by atoms with van der Waals surface area (Å²) in [5.41, 5.74) is 2.21. The van der Waals surface area contributed by atoms with Crippen LogP contribution in [0.1, 0.15) is 38.0 Å². The highest BCUT2D eigenvalue weighted by molar-refractivity contribution is 5.29. The number of aliphatic hydroxyl groups excluding tert-OH is 1. The smallest absolute Gasteiger partial charge is 0.108 e. The van der Waals surface area contributed by atoms with Gasteiger partial charge in [0.05, 0.1) is 12.7 Å². The number of nitrogens with zero attached hydrogens (tertiary/aromatic N) is 1. The third kappa shape index (κ3) is 4.91. The van der Waals surface area contributed by atoms with E-state index in [9.17, 15) is 5.11 Å². The van der Waals surface area contributed by atoms with Crippen molar-refractivity contribution in [2.75, 3.05) is 19.7 Å². The number of hydrogen-bond acceptors (Lipinski definition) is 3. The molecule has 0 radical (unpaired) electrons. The minimum absolute atomic E-state index is 0.0761. The highest BCUT2D eigenvalue weighted by Gasteiger charge is 2.22. The normalized spacial score (nSPS) is 14.1. The first-order chi connectivity index (χ1) is 11.7. The molecular formula is C21H29NO2. The standard InChI is InChI=1S/C21H29NO2/c1-4-22(5-2)17(3)20(23)16-24-21(18-12-8-6-9-13-18)19-14-10-7-11-15-19/h6-15,17,20-21,23H,4-5,16H2,1-3H3/t17-,20+/m0/s1. The van der Waals surface area contributed by atoms with E-state index >= 15 is 0 Å². The van der Waals surface area contributed by atoms with E-state index in [2.05, 4.69) is 49.9 Å². The topological polar surface area (TPSA) is 32.7 Å². The van der Waals surface area contributed by atoms with Crippen LogP contribution in [0, 0.1) is 0 Å². The van der Waals surface area contributed by atoms with E-state index in [4.69, 9.17) is 4.74 Å². The largest absolute Gasteiger partial charge is 0.389 e. The fourth-order valence-electron chi connectivity index (χ4n) is 3.02. The van der Waals surface area contributed by atoms with Gasteiger partial charge in [-0.2, -0.15) is 0 Å². The van der Waals surface area contributed by atoms with Crippen molar-refractivity contribution in [1.82, 2.24) is 4.90 Å². The van der Waals surface area contributed by atoms with Gasteiger partial charge in [-0.3, -0.25) is 4.90 Å². The molecular weight excluding hydrogens is 298 g/mol. The van der Waals surface area contributed by atoms with Crippen LogP contribution in [0.3, 0.4) is 0 Å². The van der Waals surface area contributed by atoms with Crippen LogP contribution in [0.25, 0.3) is 0 Å². The van der Waals surface area contributed by atoms with E-state index in [1.165, 1.54) is 0 Å². The van der Waals surface area contributed by atoms with E-state index in [0.29, 0.717) is 6.61 Å². The van der Waals surface area contributed by atoms with Crippen LogP contribution in [0.5, 0.6) is 0 Å². The Kier molecular flexibility index (Phi) is 7.44. The molecule has 0 aliphatic carbocycles. The number of benzene rings is 2. The van der Waals surface area contributed by atoms with Gasteiger partial charge < -0.3 is 9.84 Å². The Morgan fingerprint density at radius 1 is 0.875 bits per heavy atom. The predicted octanol–water partition coefficient (Wildman–Crippen LogP) is 3.88. The zero-order valence-corrected chi connectivity index (χ0v) is 14.9. The monoisotopic (exact) mass is 327 g/mol. The Bertz CT molecular complexity index is 529. The summed E-state index contributed by atoms with van der Waals surface area (Å²) in [6.07, 6.45) is -0.675. The van der Waals surface area contributed by atoms with Crippen LogP contribution in [0.4, 0.5) is 0 Å². The van der Waals surface area contributed by atoms with Crippen molar-refractivity contribution in [3.05, 3.63) is 71.8 Å². The van der Waals surface area contributed by atoms with Gasteiger partial charge in [-0.25, -0.2) is 0 Å². The van der Waals surface area contributed by atoms with E-state index in [1.54, 1.807) is 0 Å². The molecule has 2 rings (SSSR count). The summed E-state index contributed by atoms with van der Waals surface area (Å²) in [5, 5.41) is 10.5. The first-order valence-corrected chi connectivity index (χ1v) is 8.81. The first kappa shape index (κ1) is 18.7. The van der Waals surface area contributed by atoms with E-state index in [-0.39, 0.29) is 12.1 Å². The van der Waals surface area contributed by atoms with Gasteiger partial charge >= 0.3 is 0 Å². The van der Waals surface area contributed by atoms with Gasteiger partial charge in [0.1, 0.15) is 6.10 Å². The molecule has 0 amide bonds. The van der Waals surface area contributed by atoms with Crippen LogP contribution in [0.2, 0.25) is 0 Å². The van der Waals surface area contributed by atoms with Crippen molar-refractivity contribution in [2.45, 2.75) is 39.0 Å². The summed E-state index contributed by atoms with van der Waals surface area (Å²) in [6.45, 7) is 8.45. The highest BCUT2D eigenvalue weighted by atomic mass is 16.5. The highest BCUT2D eigenvalue weighted by Crippen LogP contribution is 2.26. The summed E-state index contributed by atoms with van der Waals surface area (Å²) in [7, 11) is 0. The maximum Gasteiger partial charge on any atom is 0.108 e. The van der Waals surface area contributed by atoms with Crippen LogP contribution in [0.15, 0.2) is 60.7 Å². The fourth-order valence-corrected chi connectivity index (χ4v) is 3.02. The lowest BCUT2D eigenvalue weighted by Crippen LogP contribution is -2.43. The molecule has 0 unspecified atom stereocenters. The van der Waals surface area contributed by atoms with Gasteiger partial charge in [0.25, 0.3) is 0 Å². The third-order valence-corrected chi connectivity index (χ3v) is 4.58. The van der Waals surface area contributed by atoms with Crippen molar-refractivity contribution < 1.29 is 9.84 Å². The second-order valence-corrected chi connectivity index (χ2v) is 6.06. The Hall–Kier alpha value is -1.68. The molecule has 0 saturated heterocycles. The van der Waals surface area contributed by atoms with Crippen LogP contribution >= 0.6 is 0 Å². The van der Waals surface area contributed by atoms with Gasteiger partial charge in [-0.05, 0) is 31.1 Å². The van der Waals surface area contributed by atoms with Crippen molar-refractivity contribution >= 4 is 0 Å². The molecule has 0 heterocycles. The van der Waals surface area contributed by atoms with Crippen LogP contribution in [-0.4, -0.2) is 41.8 Å². The van der Waals surface area contributed by atoms with Gasteiger partial charge in [0.15, 0.2) is 0 Å². The molecule has 2 aromatic rings. The molecule has 2 atom stereocenters. The maximum absolute atomic E-state index is 10.5. The molecule has 0 bridgehead atoms. The molecule has 0 aromatic heterocycles. The predicted molar refractivity (Wildman–Crippen MR) is 99.1 cm³/mol. The molecule has 0 fully saturated rings. The number of aliphatic hydroxyl groups is 1.